The Balaban J connectivity index is 2.49. The molecule has 0 fully saturated rings. The number of aryl methyl sites for hydroxylation is 1. The maximum Gasteiger partial charge on any atom is 0.232 e. The fourth-order valence-electron chi connectivity index (χ4n) is 2.32. The highest BCUT2D eigenvalue weighted by molar-refractivity contribution is 5.51. The van der Waals surface area contributed by atoms with Crippen LogP contribution < -0.4 is 4.74 Å². The van der Waals surface area contributed by atoms with Crippen molar-refractivity contribution in [3.05, 3.63) is 34.5 Å². The topological polar surface area (TPSA) is 55.1 Å². The summed E-state index contributed by atoms with van der Waals surface area (Å²) in [4.78, 5) is 4.41. The first-order chi connectivity index (χ1) is 9.34. The summed E-state index contributed by atoms with van der Waals surface area (Å²) in [5.74, 6) is 0.407. The van der Waals surface area contributed by atoms with Crippen LogP contribution in [-0.4, -0.2) is 17.2 Å². The molecular weight excluding hydrogens is 252 g/mol. The average molecular weight is 272 g/mol. The molecule has 1 aromatic rings. The molecule has 4 heteroatoms. The van der Waals surface area contributed by atoms with Crippen molar-refractivity contribution >= 4 is 0 Å². The quantitative estimate of drug-likeness (QED) is 0.793. The van der Waals surface area contributed by atoms with E-state index < -0.39 is 0 Å². The van der Waals surface area contributed by atoms with Gasteiger partial charge in [-0.15, -0.1) is 0 Å². The first-order valence-electron chi connectivity index (χ1n) is 6.67. The van der Waals surface area contributed by atoms with Gasteiger partial charge in [0.2, 0.25) is 5.88 Å². The summed E-state index contributed by atoms with van der Waals surface area (Å²) >= 11 is 0. The lowest BCUT2D eigenvalue weighted by molar-refractivity contribution is -0.0407. The van der Waals surface area contributed by atoms with Crippen LogP contribution in [0.15, 0.2) is 12.2 Å². The molecule has 0 atom stereocenters. The van der Waals surface area contributed by atoms with E-state index in [9.17, 15) is 5.26 Å². The largest absolute Gasteiger partial charge is 0.472 e. The van der Waals surface area contributed by atoms with Gasteiger partial charge in [0.25, 0.3) is 0 Å². The fourth-order valence-corrected chi connectivity index (χ4v) is 2.32. The monoisotopic (exact) mass is 272 g/mol. The number of hydrogen-bond donors (Lipinski definition) is 0. The fraction of sp³-hybridized carbons (Fsp3) is 0.500. The van der Waals surface area contributed by atoms with E-state index in [1.54, 1.807) is 0 Å². The summed E-state index contributed by atoms with van der Waals surface area (Å²) in [6, 6.07) is 2.24. The van der Waals surface area contributed by atoms with E-state index in [0.717, 1.165) is 22.4 Å². The van der Waals surface area contributed by atoms with Crippen LogP contribution in [0.5, 0.6) is 5.88 Å². The van der Waals surface area contributed by atoms with Gasteiger partial charge in [0.05, 0.1) is 12.2 Å². The number of ether oxygens (including phenoxy) is 2. The minimum absolute atomic E-state index is 0.266. The van der Waals surface area contributed by atoms with E-state index in [1.165, 1.54) is 0 Å². The lowest BCUT2D eigenvalue weighted by atomic mass is 9.88. The maximum atomic E-state index is 9.47. The highest BCUT2D eigenvalue weighted by Gasteiger charge is 2.31. The Bertz CT molecular complexity index is 597. The van der Waals surface area contributed by atoms with Crippen molar-refractivity contribution < 1.29 is 9.47 Å². The van der Waals surface area contributed by atoms with Gasteiger partial charge in [0.1, 0.15) is 18.2 Å². The number of rotatable bonds is 3. The Morgan fingerprint density at radius 2 is 2.20 bits per heavy atom. The zero-order chi connectivity index (χ0) is 14.9. The third-order valence-corrected chi connectivity index (χ3v) is 3.36. The van der Waals surface area contributed by atoms with Crippen LogP contribution in [0.25, 0.3) is 0 Å². The minimum atomic E-state index is -0.266. The summed E-state index contributed by atoms with van der Waals surface area (Å²) in [7, 11) is 0. The van der Waals surface area contributed by atoms with E-state index in [0.29, 0.717) is 31.1 Å². The molecule has 2 rings (SSSR count). The van der Waals surface area contributed by atoms with Crippen molar-refractivity contribution in [1.29, 1.82) is 5.26 Å². The molecule has 106 valence electrons. The Morgan fingerprint density at radius 3 is 2.80 bits per heavy atom. The van der Waals surface area contributed by atoms with Gasteiger partial charge in [-0.05, 0) is 38.8 Å². The minimum Gasteiger partial charge on any atom is -0.472 e. The van der Waals surface area contributed by atoms with E-state index >= 15 is 0 Å². The molecule has 0 amide bonds. The van der Waals surface area contributed by atoms with Gasteiger partial charge < -0.3 is 9.47 Å². The predicted octanol–water partition coefficient (Wildman–Crippen LogP) is 3.07. The summed E-state index contributed by atoms with van der Waals surface area (Å²) in [6.07, 6.45) is 0.692. The number of pyridine rings is 1. The van der Waals surface area contributed by atoms with Gasteiger partial charge in [0, 0.05) is 17.7 Å². The SMILES string of the molecule is C=C(C)COc1nc(C)c2c(c1C#N)CC(C)(C)OC2. The lowest BCUT2D eigenvalue weighted by Gasteiger charge is -2.33. The highest BCUT2D eigenvalue weighted by atomic mass is 16.5. The molecule has 1 aliphatic heterocycles. The molecule has 0 aliphatic carbocycles. The van der Waals surface area contributed by atoms with Crippen LogP contribution >= 0.6 is 0 Å². The summed E-state index contributed by atoms with van der Waals surface area (Å²) < 4.78 is 11.4. The number of nitriles is 1. The number of aromatic nitrogens is 1. The molecule has 0 aromatic carbocycles. The van der Waals surface area contributed by atoms with Crippen molar-refractivity contribution in [3.8, 4) is 11.9 Å². The average Bonchev–Trinajstić information content (AvgIpc) is 2.35. The molecule has 20 heavy (non-hydrogen) atoms. The molecule has 1 aliphatic rings. The standard InChI is InChI=1S/C16H20N2O2/c1-10(2)8-19-15-13(7-17)12-6-16(4,5)20-9-14(12)11(3)18-15/h1,6,8-9H2,2-5H3. The van der Waals surface area contributed by atoms with Crippen molar-refractivity contribution in [1.82, 2.24) is 4.98 Å². The van der Waals surface area contributed by atoms with Crippen LogP contribution in [0.3, 0.4) is 0 Å². The molecule has 1 aromatic heterocycles. The van der Waals surface area contributed by atoms with Crippen LogP contribution in [0.4, 0.5) is 0 Å². The van der Waals surface area contributed by atoms with E-state index in [4.69, 9.17) is 9.47 Å². The smallest absolute Gasteiger partial charge is 0.232 e. The molecule has 0 radical (unpaired) electrons. The second kappa shape index (κ2) is 5.26. The van der Waals surface area contributed by atoms with Gasteiger partial charge in [-0.2, -0.15) is 5.26 Å². The molecule has 0 spiro atoms. The van der Waals surface area contributed by atoms with Crippen LogP contribution in [0, 0.1) is 18.3 Å². The molecule has 0 saturated heterocycles. The molecule has 0 saturated carbocycles. The lowest BCUT2D eigenvalue weighted by Crippen LogP contribution is -2.33. The Hall–Kier alpha value is -1.86. The van der Waals surface area contributed by atoms with Gasteiger partial charge in [-0.25, -0.2) is 4.98 Å². The van der Waals surface area contributed by atoms with Crippen molar-refractivity contribution in [3.63, 3.8) is 0 Å². The first kappa shape index (κ1) is 14.5. The van der Waals surface area contributed by atoms with Crippen molar-refractivity contribution in [2.24, 2.45) is 0 Å². The Labute approximate surface area is 120 Å². The Morgan fingerprint density at radius 1 is 1.50 bits per heavy atom. The van der Waals surface area contributed by atoms with E-state index in [-0.39, 0.29) is 5.60 Å². The second-order valence-electron chi connectivity index (χ2n) is 5.92. The van der Waals surface area contributed by atoms with Crippen molar-refractivity contribution in [2.75, 3.05) is 6.61 Å². The predicted molar refractivity (Wildman–Crippen MR) is 76.6 cm³/mol. The van der Waals surface area contributed by atoms with Crippen LogP contribution in [0.1, 0.15) is 43.2 Å². The van der Waals surface area contributed by atoms with Crippen LogP contribution in [0.2, 0.25) is 0 Å². The molecular formula is C16H20N2O2. The van der Waals surface area contributed by atoms with Gasteiger partial charge in [-0.3, -0.25) is 0 Å². The third kappa shape index (κ3) is 2.83. The summed E-state index contributed by atoms with van der Waals surface area (Å²) in [6.45, 7) is 12.5. The number of hydrogen-bond acceptors (Lipinski definition) is 4. The third-order valence-electron chi connectivity index (χ3n) is 3.36. The van der Waals surface area contributed by atoms with E-state index in [2.05, 4.69) is 17.6 Å². The van der Waals surface area contributed by atoms with Crippen LogP contribution in [-0.2, 0) is 17.8 Å². The van der Waals surface area contributed by atoms with Gasteiger partial charge in [-0.1, -0.05) is 6.58 Å². The number of fused-ring (bicyclic) bond motifs is 1. The molecule has 4 nitrogen and oxygen atoms in total. The zero-order valence-electron chi connectivity index (χ0n) is 12.5. The molecule has 0 unspecified atom stereocenters. The van der Waals surface area contributed by atoms with Crippen molar-refractivity contribution in [2.45, 2.75) is 46.3 Å². The van der Waals surface area contributed by atoms with Gasteiger partial charge in [0.15, 0.2) is 0 Å². The Kier molecular flexibility index (Phi) is 3.82. The van der Waals surface area contributed by atoms with Gasteiger partial charge >= 0.3 is 0 Å². The molecule has 2 heterocycles. The maximum absolute atomic E-state index is 9.47. The number of nitrogens with zero attached hydrogens (tertiary/aromatic N) is 2. The summed E-state index contributed by atoms with van der Waals surface area (Å²) in [5, 5.41) is 9.47. The second-order valence-corrected chi connectivity index (χ2v) is 5.92. The normalized spacial score (nSPS) is 16.1. The highest BCUT2D eigenvalue weighted by Crippen LogP contribution is 2.34. The first-order valence-corrected chi connectivity index (χ1v) is 6.67. The van der Waals surface area contributed by atoms with E-state index in [1.807, 2.05) is 27.7 Å². The summed E-state index contributed by atoms with van der Waals surface area (Å²) in [5.41, 5.74) is 4.05. The molecule has 0 N–H and O–H groups in total. The molecule has 0 bridgehead atoms. The zero-order valence-corrected chi connectivity index (χ0v) is 12.5.